The van der Waals surface area contributed by atoms with Gasteiger partial charge in [-0.15, -0.1) is 0 Å². The molecule has 1 aliphatic carbocycles. The summed E-state index contributed by atoms with van der Waals surface area (Å²) in [4.78, 5) is 0. The van der Waals surface area contributed by atoms with Gasteiger partial charge in [0.25, 0.3) is 0 Å². The second kappa shape index (κ2) is 8.39. The fraction of sp³-hybridized carbons (Fsp3) is 0.684. The molecule has 0 radical (unpaired) electrons. The lowest BCUT2D eigenvalue weighted by atomic mass is 9.86. The molecule has 154 valence electrons. The van der Waals surface area contributed by atoms with Crippen LogP contribution in [-0.4, -0.2) is 26.3 Å². The highest BCUT2D eigenvalue weighted by atomic mass is 32.2. The highest BCUT2D eigenvalue weighted by Gasteiger charge is 2.33. The van der Waals surface area contributed by atoms with Crippen LogP contribution < -0.4 is 10.0 Å². The molecule has 2 N–H and O–H groups in total. The van der Waals surface area contributed by atoms with Gasteiger partial charge in [-0.25, -0.2) is 13.1 Å². The SMILES string of the molecule is Cc1c(NC[C@H]2CC[C@H](NS(=O)(=O)C(C)C)CC2)ccc(C(F)(F)F)c1C. The summed E-state index contributed by atoms with van der Waals surface area (Å²) in [6, 6.07) is 2.60. The van der Waals surface area contributed by atoms with E-state index in [1.165, 1.54) is 13.0 Å². The number of nitrogens with one attached hydrogen (secondary N) is 2. The van der Waals surface area contributed by atoms with Gasteiger partial charge in [-0.2, -0.15) is 13.2 Å². The van der Waals surface area contributed by atoms with Gasteiger partial charge in [0.15, 0.2) is 0 Å². The molecule has 8 heteroatoms. The second-order valence-electron chi connectivity index (χ2n) is 7.72. The summed E-state index contributed by atoms with van der Waals surface area (Å²) >= 11 is 0. The van der Waals surface area contributed by atoms with Gasteiger partial charge in [-0.1, -0.05) is 0 Å². The van der Waals surface area contributed by atoms with E-state index in [1.807, 2.05) is 0 Å². The molecule has 1 aromatic rings. The normalized spacial score (nSPS) is 21.5. The largest absolute Gasteiger partial charge is 0.416 e. The number of benzene rings is 1. The Balaban J connectivity index is 1.90. The van der Waals surface area contributed by atoms with Crippen LogP contribution in [0.15, 0.2) is 12.1 Å². The lowest BCUT2D eigenvalue weighted by Gasteiger charge is -2.30. The molecule has 1 aliphatic rings. The minimum atomic E-state index is -4.34. The second-order valence-corrected chi connectivity index (χ2v) is 9.99. The van der Waals surface area contributed by atoms with E-state index in [0.29, 0.717) is 18.0 Å². The third kappa shape index (κ3) is 5.60. The Morgan fingerprint density at radius 2 is 1.67 bits per heavy atom. The average molecular weight is 407 g/mol. The van der Waals surface area contributed by atoms with E-state index >= 15 is 0 Å². The molecule has 0 spiro atoms. The molecular formula is C19H29F3N2O2S. The molecule has 0 bridgehead atoms. The molecule has 0 heterocycles. The van der Waals surface area contributed by atoms with Crippen molar-refractivity contribution in [1.29, 1.82) is 0 Å². The third-order valence-electron chi connectivity index (χ3n) is 5.47. The molecule has 1 aromatic carbocycles. The predicted molar refractivity (Wildman–Crippen MR) is 102 cm³/mol. The van der Waals surface area contributed by atoms with Crippen molar-refractivity contribution in [1.82, 2.24) is 4.72 Å². The van der Waals surface area contributed by atoms with Gasteiger partial charge in [0.1, 0.15) is 0 Å². The van der Waals surface area contributed by atoms with Crippen LogP contribution in [0.3, 0.4) is 0 Å². The molecule has 2 rings (SSSR count). The maximum absolute atomic E-state index is 13.0. The lowest BCUT2D eigenvalue weighted by Crippen LogP contribution is -2.41. The molecule has 0 saturated heterocycles. The van der Waals surface area contributed by atoms with Crippen molar-refractivity contribution in [2.75, 3.05) is 11.9 Å². The number of rotatable bonds is 6. The van der Waals surface area contributed by atoms with Crippen molar-refractivity contribution in [2.45, 2.75) is 70.8 Å². The van der Waals surface area contributed by atoms with E-state index in [4.69, 9.17) is 0 Å². The number of anilines is 1. The number of hydrogen-bond donors (Lipinski definition) is 2. The number of alkyl halides is 3. The Bertz CT molecular complexity index is 753. The van der Waals surface area contributed by atoms with E-state index in [2.05, 4.69) is 10.0 Å². The quantitative estimate of drug-likeness (QED) is 0.725. The van der Waals surface area contributed by atoms with Gasteiger partial charge >= 0.3 is 6.18 Å². The van der Waals surface area contributed by atoms with Crippen molar-refractivity contribution < 1.29 is 21.6 Å². The zero-order valence-corrected chi connectivity index (χ0v) is 17.1. The predicted octanol–water partition coefficient (Wildman–Crippen LogP) is 4.62. The van der Waals surface area contributed by atoms with Crippen molar-refractivity contribution in [3.63, 3.8) is 0 Å². The minimum Gasteiger partial charge on any atom is -0.385 e. The fourth-order valence-electron chi connectivity index (χ4n) is 3.43. The fourth-order valence-corrected chi connectivity index (χ4v) is 4.40. The first-order valence-electron chi connectivity index (χ1n) is 9.34. The summed E-state index contributed by atoms with van der Waals surface area (Å²) in [5.74, 6) is 0.381. The van der Waals surface area contributed by atoms with Crippen molar-refractivity contribution >= 4 is 15.7 Å². The first-order valence-corrected chi connectivity index (χ1v) is 10.9. The van der Waals surface area contributed by atoms with Gasteiger partial charge < -0.3 is 5.32 Å². The van der Waals surface area contributed by atoms with Crippen LogP contribution in [-0.2, 0) is 16.2 Å². The van der Waals surface area contributed by atoms with Gasteiger partial charge in [0.2, 0.25) is 10.0 Å². The van der Waals surface area contributed by atoms with Crippen LogP contribution in [0.1, 0.15) is 56.2 Å². The summed E-state index contributed by atoms with van der Waals surface area (Å²) < 4.78 is 65.6. The number of hydrogen-bond acceptors (Lipinski definition) is 3. The molecule has 0 aromatic heterocycles. The first kappa shape index (κ1) is 22.0. The third-order valence-corrected chi connectivity index (χ3v) is 7.38. The molecule has 1 fully saturated rings. The van der Waals surface area contributed by atoms with E-state index < -0.39 is 27.0 Å². The molecule has 4 nitrogen and oxygen atoms in total. The Hall–Kier alpha value is -1.28. The molecule has 0 aliphatic heterocycles. The van der Waals surface area contributed by atoms with Crippen LogP contribution in [0.2, 0.25) is 0 Å². The van der Waals surface area contributed by atoms with E-state index in [0.717, 1.165) is 37.4 Å². The highest BCUT2D eigenvalue weighted by molar-refractivity contribution is 7.90. The monoisotopic (exact) mass is 406 g/mol. The van der Waals surface area contributed by atoms with E-state index in [9.17, 15) is 21.6 Å². The summed E-state index contributed by atoms with van der Waals surface area (Å²) in [6.07, 6.45) is -1.00. The Labute approximate surface area is 160 Å². The Morgan fingerprint density at radius 3 is 2.19 bits per heavy atom. The number of halogens is 3. The lowest BCUT2D eigenvalue weighted by molar-refractivity contribution is -0.138. The molecule has 0 unspecified atom stereocenters. The molecule has 0 amide bonds. The van der Waals surface area contributed by atoms with Gasteiger partial charge in [0.05, 0.1) is 10.8 Å². The minimum absolute atomic E-state index is 0.0244. The van der Waals surface area contributed by atoms with Crippen LogP contribution >= 0.6 is 0 Å². The van der Waals surface area contributed by atoms with Crippen LogP contribution in [0.25, 0.3) is 0 Å². The standard InChI is InChI=1S/C19H29F3N2O2S/c1-12(2)27(25,26)24-16-7-5-15(6-8-16)11-23-18-10-9-17(19(20,21)22)13(3)14(18)4/h9-10,12,15-16,23-24H,5-8,11H2,1-4H3/t15-,16-. The molecule has 1 saturated carbocycles. The van der Waals surface area contributed by atoms with Gasteiger partial charge in [0, 0.05) is 18.3 Å². The molecule has 0 atom stereocenters. The average Bonchev–Trinajstić information content (AvgIpc) is 2.56. The number of sulfonamides is 1. The van der Waals surface area contributed by atoms with Crippen LogP contribution in [0, 0.1) is 19.8 Å². The maximum atomic E-state index is 13.0. The topological polar surface area (TPSA) is 58.2 Å². The molecule has 27 heavy (non-hydrogen) atoms. The Kier molecular flexibility index (Phi) is 6.84. The van der Waals surface area contributed by atoms with Crippen molar-refractivity contribution in [3.8, 4) is 0 Å². The van der Waals surface area contributed by atoms with Crippen molar-refractivity contribution in [3.05, 3.63) is 28.8 Å². The zero-order chi connectivity index (χ0) is 20.4. The van der Waals surface area contributed by atoms with Crippen LogP contribution in [0.5, 0.6) is 0 Å². The summed E-state index contributed by atoms with van der Waals surface area (Å²) in [7, 11) is -3.25. The first-order chi connectivity index (χ1) is 12.4. The van der Waals surface area contributed by atoms with E-state index in [-0.39, 0.29) is 11.6 Å². The Morgan fingerprint density at radius 1 is 1.07 bits per heavy atom. The summed E-state index contributed by atoms with van der Waals surface area (Å²) in [5, 5.41) is 2.84. The zero-order valence-electron chi connectivity index (χ0n) is 16.3. The van der Waals surface area contributed by atoms with Gasteiger partial charge in [-0.3, -0.25) is 0 Å². The van der Waals surface area contributed by atoms with Crippen molar-refractivity contribution in [2.24, 2.45) is 5.92 Å². The smallest absolute Gasteiger partial charge is 0.385 e. The summed E-state index contributed by atoms with van der Waals surface area (Å²) in [6.45, 7) is 7.19. The van der Waals surface area contributed by atoms with Crippen LogP contribution in [0.4, 0.5) is 18.9 Å². The van der Waals surface area contributed by atoms with Gasteiger partial charge in [-0.05, 0) is 82.6 Å². The van der Waals surface area contributed by atoms with E-state index in [1.54, 1.807) is 20.8 Å². The maximum Gasteiger partial charge on any atom is 0.416 e. The highest BCUT2D eigenvalue weighted by Crippen LogP contribution is 2.35. The summed E-state index contributed by atoms with van der Waals surface area (Å²) in [5.41, 5.74) is 0.995. The molecular weight excluding hydrogens is 377 g/mol.